The van der Waals surface area contributed by atoms with Crippen molar-refractivity contribution >= 4 is 23.5 Å². The quantitative estimate of drug-likeness (QED) is 0.360. The van der Waals surface area contributed by atoms with Crippen LogP contribution in [0.5, 0.6) is 5.75 Å². The molecule has 0 saturated carbocycles. The van der Waals surface area contributed by atoms with Gasteiger partial charge in [-0.2, -0.15) is 0 Å². The van der Waals surface area contributed by atoms with Gasteiger partial charge in [-0.05, 0) is 58.9 Å². The van der Waals surface area contributed by atoms with Crippen molar-refractivity contribution in [1.82, 2.24) is 4.90 Å². The van der Waals surface area contributed by atoms with E-state index in [1.165, 1.54) is 5.56 Å². The van der Waals surface area contributed by atoms with Crippen LogP contribution in [0.1, 0.15) is 66.7 Å². The van der Waals surface area contributed by atoms with Gasteiger partial charge in [0.05, 0.1) is 6.42 Å². The fraction of sp³-hybridized carbons (Fsp3) is 0.355. The van der Waals surface area contributed by atoms with Crippen molar-refractivity contribution in [3.63, 3.8) is 0 Å². The van der Waals surface area contributed by atoms with Crippen molar-refractivity contribution < 1.29 is 19.4 Å². The third kappa shape index (κ3) is 6.53. The smallest absolute Gasteiger partial charge is 0.305 e. The van der Waals surface area contributed by atoms with Crippen LogP contribution < -0.4 is 4.74 Å². The van der Waals surface area contributed by atoms with Gasteiger partial charge in [-0.3, -0.25) is 9.59 Å². The molecule has 6 heteroatoms. The van der Waals surface area contributed by atoms with Crippen LogP contribution in [0.4, 0.5) is 0 Å². The van der Waals surface area contributed by atoms with E-state index in [4.69, 9.17) is 16.3 Å². The second-order valence-corrected chi connectivity index (χ2v) is 11.5. The van der Waals surface area contributed by atoms with Gasteiger partial charge >= 0.3 is 5.97 Å². The molecule has 0 bridgehead atoms. The molecule has 0 spiro atoms. The first-order chi connectivity index (χ1) is 17.4. The van der Waals surface area contributed by atoms with Gasteiger partial charge in [-0.15, -0.1) is 0 Å². The highest BCUT2D eigenvalue weighted by Crippen LogP contribution is 2.38. The maximum atomic E-state index is 13.6. The molecule has 1 heterocycles. The number of aliphatic carboxylic acids is 1. The number of fused-ring (bicyclic) bond motifs is 1. The summed E-state index contributed by atoms with van der Waals surface area (Å²) >= 11 is 6.38. The Labute approximate surface area is 224 Å². The molecule has 1 atom stereocenters. The van der Waals surface area contributed by atoms with Crippen molar-refractivity contribution in [2.45, 2.75) is 64.5 Å². The Hall–Kier alpha value is -3.31. The molecule has 0 saturated heterocycles. The van der Waals surface area contributed by atoms with Gasteiger partial charge in [0, 0.05) is 36.5 Å². The summed E-state index contributed by atoms with van der Waals surface area (Å²) in [5.74, 6) is -0.358. The Morgan fingerprint density at radius 2 is 1.76 bits per heavy atom. The van der Waals surface area contributed by atoms with Crippen LogP contribution in [-0.4, -0.2) is 34.0 Å². The summed E-state index contributed by atoms with van der Waals surface area (Å²) in [6.45, 7) is 8.99. The lowest BCUT2D eigenvalue weighted by Gasteiger charge is -2.24. The molecule has 5 nitrogen and oxygen atoms in total. The van der Waals surface area contributed by atoms with Gasteiger partial charge in [0.1, 0.15) is 11.4 Å². The van der Waals surface area contributed by atoms with Crippen molar-refractivity contribution in [2.24, 2.45) is 0 Å². The average Bonchev–Trinajstić information content (AvgIpc) is 3.17. The molecule has 1 N–H and O–H groups in total. The maximum absolute atomic E-state index is 13.6. The summed E-state index contributed by atoms with van der Waals surface area (Å²) < 4.78 is 6.30. The van der Waals surface area contributed by atoms with E-state index in [9.17, 15) is 14.7 Å². The summed E-state index contributed by atoms with van der Waals surface area (Å²) in [5, 5.41) is 9.98. The maximum Gasteiger partial charge on any atom is 0.305 e. The number of halogens is 1. The third-order valence-corrected chi connectivity index (χ3v) is 7.20. The molecular formula is C31H34ClNO4. The number of hydrogen-bond donors (Lipinski definition) is 1. The summed E-state index contributed by atoms with van der Waals surface area (Å²) in [6, 6.07) is 21.4. The number of nitrogens with zero attached hydrogens (tertiary/aromatic N) is 1. The molecule has 3 aromatic carbocycles. The monoisotopic (exact) mass is 519 g/mol. The molecule has 1 aliphatic heterocycles. The first kappa shape index (κ1) is 26.7. The molecule has 0 aromatic heterocycles. The minimum absolute atomic E-state index is 0.0319. The third-order valence-electron chi connectivity index (χ3n) is 6.83. The van der Waals surface area contributed by atoms with Crippen molar-refractivity contribution in [1.29, 1.82) is 0 Å². The molecule has 3 aromatic rings. The Bertz CT molecular complexity index is 1300. The lowest BCUT2D eigenvalue weighted by atomic mass is 9.87. The number of ether oxygens (including phenoxy) is 1. The topological polar surface area (TPSA) is 66.8 Å². The number of carboxylic acids is 1. The van der Waals surface area contributed by atoms with Gasteiger partial charge in [0.2, 0.25) is 0 Å². The van der Waals surface area contributed by atoms with Crippen molar-refractivity contribution in [2.75, 3.05) is 6.54 Å². The Morgan fingerprint density at radius 1 is 1.05 bits per heavy atom. The van der Waals surface area contributed by atoms with E-state index in [0.29, 0.717) is 30.0 Å². The van der Waals surface area contributed by atoms with E-state index in [-0.39, 0.29) is 24.3 Å². The first-order valence-electron chi connectivity index (χ1n) is 12.6. The molecule has 0 radical (unpaired) electrons. The van der Waals surface area contributed by atoms with E-state index in [1.807, 2.05) is 48.5 Å². The predicted octanol–water partition coefficient (Wildman–Crippen LogP) is 6.69. The molecule has 0 aliphatic carbocycles. The highest BCUT2D eigenvalue weighted by atomic mass is 35.5. The van der Waals surface area contributed by atoms with Gasteiger partial charge in [-0.1, -0.05) is 74.8 Å². The predicted molar refractivity (Wildman–Crippen MR) is 146 cm³/mol. The zero-order valence-electron chi connectivity index (χ0n) is 21.9. The highest BCUT2D eigenvalue weighted by molar-refractivity contribution is 6.31. The number of amides is 1. The number of carbonyl (C=O) groups is 2. The van der Waals surface area contributed by atoms with Gasteiger partial charge < -0.3 is 14.7 Å². The van der Waals surface area contributed by atoms with E-state index in [1.54, 1.807) is 11.0 Å². The van der Waals surface area contributed by atoms with E-state index < -0.39 is 11.6 Å². The van der Waals surface area contributed by atoms with Gasteiger partial charge in [0.15, 0.2) is 0 Å². The number of hydrogen-bond acceptors (Lipinski definition) is 3. The number of rotatable bonds is 8. The summed E-state index contributed by atoms with van der Waals surface area (Å²) in [4.78, 5) is 26.5. The van der Waals surface area contributed by atoms with E-state index in [2.05, 4.69) is 39.8 Å². The lowest BCUT2D eigenvalue weighted by molar-refractivity contribution is -0.137. The van der Waals surface area contributed by atoms with Crippen LogP contribution in [0.3, 0.4) is 0 Å². The van der Waals surface area contributed by atoms with Crippen LogP contribution in [0.25, 0.3) is 0 Å². The fourth-order valence-electron chi connectivity index (χ4n) is 4.79. The molecule has 0 unspecified atom stereocenters. The van der Waals surface area contributed by atoms with Crippen LogP contribution >= 0.6 is 11.6 Å². The highest BCUT2D eigenvalue weighted by Gasteiger charge is 2.36. The molecule has 1 aliphatic rings. The molecule has 194 valence electrons. The van der Waals surface area contributed by atoms with Gasteiger partial charge in [0.25, 0.3) is 5.91 Å². The van der Waals surface area contributed by atoms with Crippen LogP contribution in [0.2, 0.25) is 5.02 Å². The minimum Gasteiger partial charge on any atom is -0.487 e. The van der Waals surface area contributed by atoms with Gasteiger partial charge in [-0.25, -0.2) is 0 Å². The van der Waals surface area contributed by atoms with Crippen molar-refractivity contribution in [3.05, 3.63) is 99.6 Å². The zero-order chi connectivity index (χ0) is 26.8. The second kappa shape index (κ2) is 10.6. The largest absolute Gasteiger partial charge is 0.487 e. The molecule has 1 amide bonds. The SMILES string of the molecule is CC(C)(C)c1ccc(CN(CCC(=O)O)C(=O)c2ccc3c(c2)C[C@@](C)(Cc2ccccc2Cl)O3)cc1. The summed E-state index contributed by atoms with van der Waals surface area (Å²) in [6.07, 6.45) is 1.19. The summed E-state index contributed by atoms with van der Waals surface area (Å²) in [7, 11) is 0. The van der Waals surface area contributed by atoms with Crippen LogP contribution in [0, 0.1) is 0 Å². The molecule has 4 rings (SSSR count). The van der Waals surface area contributed by atoms with Crippen LogP contribution in [0.15, 0.2) is 66.7 Å². The first-order valence-corrected chi connectivity index (χ1v) is 13.0. The molecular weight excluding hydrogens is 486 g/mol. The van der Waals surface area contributed by atoms with Crippen molar-refractivity contribution in [3.8, 4) is 5.75 Å². The Kier molecular flexibility index (Phi) is 7.65. The lowest BCUT2D eigenvalue weighted by Crippen LogP contribution is -2.33. The second-order valence-electron chi connectivity index (χ2n) is 11.1. The summed E-state index contributed by atoms with van der Waals surface area (Å²) in [5.41, 5.74) is 4.25. The van der Waals surface area contributed by atoms with Crippen LogP contribution in [-0.2, 0) is 29.6 Å². The standard InChI is InChI=1S/C31H34ClNO4/c1-30(2,3)25-12-9-21(10-13-25)20-33(16-15-28(34)35)29(36)22-11-14-27-24(17-22)19-31(4,37-27)18-23-7-5-6-8-26(23)32/h5-14,17H,15-16,18-20H2,1-4H3,(H,34,35)/t31-/m1/s1. The van der Waals surface area contributed by atoms with E-state index >= 15 is 0 Å². The number of carbonyl (C=O) groups excluding carboxylic acids is 1. The number of carboxylic acid groups (broad SMARTS) is 1. The number of benzene rings is 3. The fourth-order valence-corrected chi connectivity index (χ4v) is 5.00. The zero-order valence-corrected chi connectivity index (χ0v) is 22.6. The average molecular weight is 520 g/mol. The molecule has 0 fully saturated rings. The Balaban J connectivity index is 1.52. The van der Waals surface area contributed by atoms with E-state index in [0.717, 1.165) is 22.4 Å². The Morgan fingerprint density at radius 3 is 2.41 bits per heavy atom. The normalized spacial score (nSPS) is 16.7. The minimum atomic E-state index is -0.932. The molecule has 37 heavy (non-hydrogen) atoms.